The fraction of sp³-hybridized carbons (Fsp3) is 0.789. The van der Waals surface area contributed by atoms with E-state index in [1.807, 2.05) is 27.7 Å². The molecule has 0 spiro atoms. The molecular formula is C19H38ClN3O2. The molecule has 0 aromatic carbocycles. The highest BCUT2D eigenvalue weighted by atomic mass is 35.5. The number of aromatic nitrogens is 2. The fourth-order valence-electron chi connectivity index (χ4n) is 2.19. The van der Waals surface area contributed by atoms with E-state index in [-0.39, 0.29) is 0 Å². The number of halogens is 1. The molecule has 0 unspecified atom stereocenters. The summed E-state index contributed by atoms with van der Waals surface area (Å²) in [6.07, 6.45) is 4.04. The second-order valence-corrected chi connectivity index (χ2v) is 5.44. The van der Waals surface area contributed by atoms with Crippen LogP contribution in [-0.2, 0) is 15.9 Å². The smallest absolute Gasteiger partial charge is 0.224 e. The maximum Gasteiger partial charge on any atom is 0.224 e. The van der Waals surface area contributed by atoms with Crippen LogP contribution in [0.5, 0.6) is 0 Å². The number of nitrogens with one attached hydrogen (secondary N) is 1. The normalized spacial score (nSPS) is 13.3. The zero-order valence-electron chi connectivity index (χ0n) is 17.4. The maximum absolute atomic E-state index is 5.99. The molecule has 5 nitrogen and oxygen atoms in total. The van der Waals surface area contributed by atoms with Crippen molar-refractivity contribution >= 4 is 17.4 Å². The number of methoxy groups -OCH3 is 1. The summed E-state index contributed by atoms with van der Waals surface area (Å²) in [5.41, 5.74) is 2.17. The summed E-state index contributed by atoms with van der Waals surface area (Å²) in [6.45, 7) is 13.8. The molecule has 25 heavy (non-hydrogen) atoms. The third-order valence-electron chi connectivity index (χ3n) is 3.27. The summed E-state index contributed by atoms with van der Waals surface area (Å²) in [5, 5.41) is 3.81. The van der Waals surface area contributed by atoms with Gasteiger partial charge in [0.1, 0.15) is 5.82 Å². The van der Waals surface area contributed by atoms with Gasteiger partial charge >= 0.3 is 0 Å². The number of rotatable bonds is 4. The van der Waals surface area contributed by atoms with Crippen molar-refractivity contribution in [2.75, 3.05) is 32.8 Å². The molecule has 2 rings (SSSR count). The summed E-state index contributed by atoms with van der Waals surface area (Å²) < 4.78 is 9.60. The van der Waals surface area contributed by atoms with Gasteiger partial charge in [0.25, 0.3) is 0 Å². The summed E-state index contributed by atoms with van der Waals surface area (Å²) in [5.74, 6) is 0.880. The second-order valence-electron chi connectivity index (χ2n) is 5.10. The van der Waals surface area contributed by atoms with Gasteiger partial charge in [-0.15, -0.1) is 0 Å². The zero-order chi connectivity index (χ0) is 19.7. The van der Waals surface area contributed by atoms with E-state index >= 15 is 0 Å². The molecule has 0 radical (unpaired) electrons. The van der Waals surface area contributed by atoms with Gasteiger partial charge < -0.3 is 14.8 Å². The van der Waals surface area contributed by atoms with Crippen LogP contribution in [0.4, 0.5) is 5.82 Å². The van der Waals surface area contributed by atoms with E-state index < -0.39 is 0 Å². The van der Waals surface area contributed by atoms with Crippen LogP contribution in [0.25, 0.3) is 0 Å². The highest BCUT2D eigenvalue weighted by Crippen LogP contribution is 2.21. The van der Waals surface area contributed by atoms with Crippen LogP contribution in [0.2, 0.25) is 5.28 Å². The molecule has 1 aromatic rings. The van der Waals surface area contributed by atoms with Gasteiger partial charge in [-0.3, -0.25) is 0 Å². The van der Waals surface area contributed by atoms with Crippen LogP contribution in [-0.4, -0.2) is 43.4 Å². The van der Waals surface area contributed by atoms with Gasteiger partial charge in [0.15, 0.2) is 0 Å². The number of hydrogen-bond acceptors (Lipinski definition) is 5. The average molecular weight is 376 g/mol. The molecule has 1 aliphatic rings. The molecular weight excluding hydrogens is 338 g/mol. The summed E-state index contributed by atoms with van der Waals surface area (Å²) >= 11 is 5.99. The van der Waals surface area contributed by atoms with E-state index in [0.717, 1.165) is 56.0 Å². The first-order chi connectivity index (χ1) is 12.1. The predicted molar refractivity (Wildman–Crippen MR) is 109 cm³/mol. The van der Waals surface area contributed by atoms with Gasteiger partial charge in [0.2, 0.25) is 5.28 Å². The third kappa shape index (κ3) is 11.3. The Morgan fingerprint density at radius 1 is 1.12 bits per heavy atom. The van der Waals surface area contributed by atoms with Gasteiger partial charge in [0.05, 0.1) is 5.69 Å². The first-order valence-electron chi connectivity index (χ1n) is 9.39. The molecule has 0 amide bonds. The van der Waals surface area contributed by atoms with Gasteiger partial charge in [0, 0.05) is 39.0 Å². The van der Waals surface area contributed by atoms with E-state index in [2.05, 4.69) is 33.9 Å². The molecule has 2 heterocycles. The molecule has 0 atom stereocenters. The Hall–Kier alpha value is -0.910. The predicted octanol–water partition coefficient (Wildman–Crippen LogP) is 5.30. The first-order valence-corrected chi connectivity index (χ1v) is 9.77. The number of nitrogens with zero attached hydrogens (tertiary/aromatic N) is 2. The molecule has 1 fully saturated rings. The van der Waals surface area contributed by atoms with Gasteiger partial charge in [-0.05, 0) is 37.8 Å². The van der Waals surface area contributed by atoms with Crippen molar-refractivity contribution in [2.45, 2.75) is 73.3 Å². The van der Waals surface area contributed by atoms with Gasteiger partial charge in [-0.2, -0.15) is 0 Å². The summed E-state index contributed by atoms with van der Waals surface area (Å²) in [6, 6.07) is 0.429. The Kier molecular flexibility index (Phi) is 18.8. The first kappa shape index (κ1) is 26.3. The minimum Gasteiger partial charge on any atom is -0.388 e. The molecule has 1 aliphatic heterocycles. The lowest BCUT2D eigenvalue weighted by atomic mass is 10.1. The molecule has 1 saturated heterocycles. The van der Waals surface area contributed by atoms with Crippen molar-refractivity contribution < 1.29 is 9.47 Å². The standard InChI is InChI=1S/C13H20ClN3O.C2H6O.2C2H6/c1-3-4-11-9(2)12(17-13(14)16-11)15-10-5-7-18-8-6-10;1-3-2;2*1-2/h10H,3-8H2,1-2H3,(H,15,16,17);1-2H3;2*1-2H3. The highest BCUT2D eigenvalue weighted by Gasteiger charge is 2.16. The molecule has 0 bridgehead atoms. The van der Waals surface area contributed by atoms with Crippen molar-refractivity contribution in [1.82, 2.24) is 9.97 Å². The lowest BCUT2D eigenvalue weighted by Crippen LogP contribution is -2.28. The molecule has 1 aromatic heterocycles. The van der Waals surface area contributed by atoms with Crippen molar-refractivity contribution in [3.05, 3.63) is 16.5 Å². The Morgan fingerprint density at radius 3 is 2.12 bits per heavy atom. The van der Waals surface area contributed by atoms with Crippen LogP contribution in [0, 0.1) is 6.92 Å². The van der Waals surface area contributed by atoms with E-state index in [1.54, 1.807) is 14.2 Å². The monoisotopic (exact) mass is 375 g/mol. The van der Waals surface area contributed by atoms with E-state index in [1.165, 1.54) is 0 Å². The highest BCUT2D eigenvalue weighted by molar-refractivity contribution is 6.28. The minimum absolute atomic E-state index is 0.332. The van der Waals surface area contributed by atoms with E-state index in [9.17, 15) is 0 Å². The van der Waals surface area contributed by atoms with Crippen LogP contribution in [0.1, 0.15) is 65.1 Å². The average Bonchev–Trinajstić information content (AvgIpc) is 2.64. The van der Waals surface area contributed by atoms with E-state index in [0.29, 0.717) is 11.3 Å². The quantitative estimate of drug-likeness (QED) is 0.724. The Balaban J connectivity index is 0. The lowest BCUT2D eigenvalue weighted by molar-refractivity contribution is 0.0903. The number of aryl methyl sites for hydroxylation is 1. The van der Waals surface area contributed by atoms with Gasteiger partial charge in [-0.25, -0.2) is 9.97 Å². The summed E-state index contributed by atoms with van der Waals surface area (Å²) in [4.78, 5) is 8.62. The molecule has 6 heteroatoms. The number of hydrogen-bond donors (Lipinski definition) is 1. The minimum atomic E-state index is 0.332. The molecule has 1 N–H and O–H groups in total. The Bertz CT molecular complexity index is 425. The lowest BCUT2D eigenvalue weighted by Gasteiger charge is -2.24. The van der Waals surface area contributed by atoms with Gasteiger partial charge in [-0.1, -0.05) is 41.0 Å². The molecule has 0 aliphatic carbocycles. The van der Waals surface area contributed by atoms with Crippen molar-refractivity contribution in [3.63, 3.8) is 0 Å². The van der Waals surface area contributed by atoms with E-state index in [4.69, 9.17) is 16.3 Å². The van der Waals surface area contributed by atoms with Crippen LogP contribution in [0.3, 0.4) is 0 Å². The van der Waals surface area contributed by atoms with Crippen molar-refractivity contribution in [3.8, 4) is 0 Å². The third-order valence-corrected chi connectivity index (χ3v) is 3.44. The number of ether oxygens (including phenoxy) is 2. The van der Waals surface area contributed by atoms with Crippen molar-refractivity contribution in [1.29, 1.82) is 0 Å². The molecule has 0 saturated carbocycles. The van der Waals surface area contributed by atoms with Crippen LogP contribution in [0.15, 0.2) is 0 Å². The Morgan fingerprint density at radius 2 is 1.64 bits per heavy atom. The molecule has 148 valence electrons. The van der Waals surface area contributed by atoms with Crippen molar-refractivity contribution in [2.24, 2.45) is 0 Å². The fourth-order valence-corrected chi connectivity index (χ4v) is 2.38. The second kappa shape index (κ2) is 17.9. The Labute approximate surface area is 159 Å². The topological polar surface area (TPSA) is 56.3 Å². The zero-order valence-corrected chi connectivity index (χ0v) is 18.2. The van der Waals surface area contributed by atoms with Crippen LogP contribution < -0.4 is 5.32 Å². The largest absolute Gasteiger partial charge is 0.388 e. The summed E-state index contributed by atoms with van der Waals surface area (Å²) in [7, 11) is 3.25. The maximum atomic E-state index is 5.99. The SMILES string of the molecule is CC.CC.CCCc1nc(Cl)nc(NC2CCOCC2)c1C.COC. The van der Waals surface area contributed by atoms with Crippen LogP contribution >= 0.6 is 11.6 Å². The number of anilines is 1.